The van der Waals surface area contributed by atoms with Crippen molar-refractivity contribution in [2.45, 2.75) is 35.2 Å². The maximum atomic E-state index is 5.35. The molecule has 0 saturated carbocycles. The van der Waals surface area contributed by atoms with E-state index >= 15 is 0 Å². The minimum Gasteiger partial charge on any atom is -0.352 e. The second-order valence-electron chi connectivity index (χ2n) is 2.40. The minimum absolute atomic E-state index is 0.0973. The molecule has 0 aliphatic rings. The Labute approximate surface area is 90.3 Å². The van der Waals surface area contributed by atoms with Crippen LogP contribution in [0.2, 0.25) is 0 Å². The molecule has 0 radical (unpaired) electrons. The van der Waals surface area contributed by atoms with Gasteiger partial charge in [-0.3, -0.25) is 0 Å². The number of ether oxygens (including phenoxy) is 1. The van der Waals surface area contributed by atoms with Crippen LogP contribution in [0.3, 0.4) is 0 Å². The van der Waals surface area contributed by atoms with Crippen molar-refractivity contribution in [1.82, 2.24) is 0 Å². The largest absolute Gasteiger partial charge is 0.352 e. The van der Waals surface area contributed by atoms with Crippen LogP contribution in [0.25, 0.3) is 0 Å². The normalized spacial score (nSPS) is 22.4. The zero-order chi connectivity index (χ0) is 9.02. The quantitative estimate of drug-likeness (QED) is 0.428. The molecule has 0 heterocycles. The third kappa shape index (κ3) is 5.58. The van der Waals surface area contributed by atoms with Gasteiger partial charge < -0.3 is 4.74 Å². The summed E-state index contributed by atoms with van der Waals surface area (Å²) in [5.41, 5.74) is -0.370. The molecule has 1 nitrogen and oxygen atoms in total. The summed E-state index contributed by atoms with van der Waals surface area (Å²) in [5.74, 6) is 0. The van der Waals surface area contributed by atoms with E-state index in [1.165, 1.54) is 0 Å². The fraction of sp³-hybridized carbons (Fsp3) is 1.00. The molecule has 0 amide bonds. The fourth-order valence-corrected chi connectivity index (χ4v) is 0.869. The monoisotopic (exact) mass is 230 g/mol. The van der Waals surface area contributed by atoms with E-state index in [0.717, 1.165) is 0 Å². The highest BCUT2D eigenvalue weighted by molar-refractivity contribution is 7.85. The molecule has 0 spiro atoms. The van der Waals surface area contributed by atoms with Crippen LogP contribution in [0.15, 0.2) is 0 Å². The first-order chi connectivity index (χ1) is 4.95. The Balaban J connectivity index is 3.66. The second-order valence-corrected chi connectivity index (χ2v) is 5.05. The molecule has 0 aliphatic heterocycles. The molecule has 0 aromatic rings. The molecule has 0 aromatic carbocycles. The summed E-state index contributed by atoms with van der Waals surface area (Å²) in [6, 6.07) is 0. The Hall–Kier alpha value is 1.36. The maximum Gasteiger partial charge on any atom is 0.113 e. The molecule has 0 rings (SSSR count). The van der Waals surface area contributed by atoms with Gasteiger partial charge in [0.1, 0.15) is 10.9 Å². The molecule has 0 aromatic heterocycles. The van der Waals surface area contributed by atoms with Crippen LogP contribution in [-0.4, -0.2) is 21.4 Å². The predicted molar refractivity (Wildman–Crippen MR) is 63.5 cm³/mol. The Bertz CT molecular complexity index is 94.8. The average Bonchev–Trinajstić information content (AvgIpc) is 1.87. The summed E-state index contributed by atoms with van der Waals surface area (Å²) in [5, 5.41) is 0.195. The van der Waals surface area contributed by atoms with E-state index in [4.69, 9.17) is 4.74 Å². The van der Waals surface area contributed by atoms with Gasteiger partial charge in [-0.15, -0.1) is 25.3 Å². The third-order valence-electron chi connectivity index (χ3n) is 1.10. The highest BCUT2D eigenvalue weighted by Crippen LogP contribution is 2.17. The molecule has 0 bridgehead atoms. The zero-order valence-electron chi connectivity index (χ0n) is 6.51. The van der Waals surface area contributed by atoms with Crippen LogP contribution in [0.4, 0.5) is 0 Å². The maximum absolute atomic E-state index is 5.35. The summed E-state index contributed by atoms with van der Waals surface area (Å²) >= 11 is 16.7. The summed E-state index contributed by atoms with van der Waals surface area (Å²) in [6.07, 6.45) is 0. The Morgan fingerprint density at radius 3 is 1.27 bits per heavy atom. The van der Waals surface area contributed by atoms with Gasteiger partial charge in [0.05, 0.1) is 0 Å². The SMILES string of the molecule is CC(S)C(S)OC(S)C(C)S. The van der Waals surface area contributed by atoms with Gasteiger partial charge in [-0.2, -0.15) is 25.3 Å². The van der Waals surface area contributed by atoms with Crippen molar-refractivity contribution in [2.24, 2.45) is 0 Å². The van der Waals surface area contributed by atoms with E-state index in [0.29, 0.717) is 0 Å². The fourth-order valence-electron chi connectivity index (χ4n) is 0.370. The molecule has 11 heavy (non-hydrogen) atoms. The van der Waals surface area contributed by atoms with E-state index < -0.39 is 0 Å². The standard InChI is InChI=1S/C6H14OS4/c1-3(8)5(10)7-6(11)4(2)9/h3-6,8-11H,1-2H3. The van der Waals surface area contributed by atoms with Gasteiger partial charge in [0.15, 0.2) is 0 Å². The van der Waals surface area contributed by atoms with Crippen molar-refractivity contribution < 1.29 is 4.74 Å². The van der Waals surface area contributed by atoms with Crippen molar-refractivity contribution in [3.8, 4) is 0 Å². The van der Waals surface area contributed by atoms with Crippen LogP contribution >= 0.6 is 50.5 Å². The van der Waals surface area contributed by atoms with Crippen LogP contribution < -0.4 is 0 Å². The molecule has 0 saturated heterocycles. The number of hydrogen-bond donors (Lipinski definition) is 4. The molecular weight excluding hydrogens is 216 g/mol. The Morgan fingerprint density at radius 1 is 0.818 bits per heavy atom. The number of hydrogen-bond acceptors (Lipinski definition) is 5. The second kappa shape index (κ2) is 5.91. The highest BCUT2D eigenvalue weighted by atomic mass is 32.1. The molecule has 4 unspecified atom stereocenters. The lowest BCUT2D eigenvalue weighted by Crippen LogP contribution is -2.25. The van der Waals surface area contributed by atoms with E-state index in [2.05, 4.69) is 50.5 Å². The van der Waals surface area contributed by atoms with Crippen molar-refractivity contribution in [3.63, 3.8) is 0 Å². The van der Waals surface area contributed by atoms with Crippen LogP contribution in [0.1, 0.15) is 13.8 Å². The summed E-state index contributed by atoms with van der Waals surface area (Å²) < 4.78 is 5.35. The Kier molecular flexibility index (Phi) is 6.64. The Morgan fingerprint density at radius 2 is 1.09 bits per heavy atom. The molecular formula is C6H14OS4. The van der Waals surface area contributed by atoms with Crippen LogP contribution in [0, 0.1) is 0 Å². The van der Waals surface area contributed by atoms with Gasteiger partial charge in [0.2, 0.25) is 0 Å². The summed E-state index contributed by atoms with van der Waals surface area (Å²) in [6.45, 7) is 3.84. The zero-order valence-corrected chi connectivity index (χ0v) is 10.1. The van der Waals surface area contributed by atoms with E-state index in [1.54, 1.807) is 0 Å². The van der Waals surface area contributed by atoms with Gasteiger partial charge in [-0.1, -0.05) is 13.8 Å². The van der Waals surface area contributed by atoms with E-state index in [9.17, 15) is 0 Å². The number of rotatable bonds is 4. The molecule has 4 atom stereocenters. The van der Waals surface area contributed by atoms with Crippen molar-refractivity contribution >= 4 is 50.5 Å². The number of thiol groups is 4. The van der Waals surface area contributed by atoms with Gasteiger partial charge in [-0.05, 0) is 0 Å². The van der Waals surface area contributed by atoms with Crippen LogP contribution in [-0.2, 0) is 4.74 Å². The first-order valence-corrected chi connectivity index (χ1v) is 5.39. The molecule has 5 heteroatoms. The minimum atomic E-state index is -0.185. The smallest absolute Gasteiger partial charge is 0.113 e. The topological polar surface area (TPSA) is 9.23 Å². The summed E-state index contributed by atoms with van der Waals surface area (Å²) in [7, 11) is 0. The van der Waals surface area contributed by atoms with Crippen molar-refractivity contribution in [2.75, 3.05) is 0 Å². The molecule has 0 aliphatic carbocycles. The summed E-state index contributed by atoms with van der Waals surface area (Å²) in [4.78, 5) is 0. The first-order valence-electron chi connectivity index (χ1n) is 3.33. The lowest BCUT2D eigenvalue weighted by molar-refractivity contribution is 0.0967. The van der Waals surface area contributed by atoms with E-state index in [-0.39, 0.29) is 21.4 Å². The first kappa shape index (κ1) is 12.4. The lowest BCUT2D eigenvalue weighted by Gasteiger charge is -2.21. The van der Waals surface area contributed by atoms with Gasteiger partial charge in [0, 0.05) is 10.5 Å². The molecule has 68 valence electrons. The van der Waals surface area contributed by atoms with Crippen molar-refractivity contribution in [1.29, 1.82) is 0 Å². The highest BCUT2D eigenvalue weighted by Gasteiger charge is 2.16. The lowest BCUT2D eigenvalue weighted by atomic mass is 10.5. The molecule has 0 N–H and O–H groups in total. The van der Waals surface area contributed by atoms with Crippen LogP contribution in [0.5, 0.6) is 0 Å². The predicted octanol–water partition coefficient (Wildman–Crippen LogP) is 2.15. The molecule has 0 fully saturated rings. The average molecular weight is 230 g/mol. The van der Waals surface area contributed by atoms with Gasteiger partial charge >= 0.3 is 0 Å². The third-order valence-corrected chi connectivity index (χ3v) is 3.25. The van der Waals surface area contributed by atoms with Gasteiger partial charge in [-0.25, -0.2) is 0 Å². The van der Waals surface area contributed by atoms with Gasteiger partial charge in [0.25, 0.3) is 0 Å². The van der Waals surface area contributed by atoms with Crippen molar-refractivity contribution in [3.05, 3.63) is 0 Å². The van der Waals surface area contributed by atoms with E-state index in [1.807, 2.05) is 13.8 Å².